The molecule has 0 heterocycles. The molecule has 0 aromatic heterocycles. The van der Waals surface area contributed by atoms with Crippen molar-refractivity contribution in [3.8, 4) is 0 Å². The molecule has 0 aliphatic rings. The average Bonchev–Trinajstić information content (AvgIpc) is 2.45. The first-order valence-corrected chi connectivity index (χ1v) is 7.80. The Labute approximate surface area is 137 Å². The van der Waals surface area contributed by atoms with Crippen LogP contribution in [0.25, 0.3) is 0 Å². The summed E-state index contributed by atoms with van der Waals surface area (Å²) in [4.78, 5) is 23.3. The summed E-state index contributed by atoms with van der Waals surface area (Å²) in [6.07, 6.45) is 0.278. The highest BCUT2D eigenvalue weighted by Gasteiger charge is 2.15. The van der Waals surface area contributed by atoms with Crippen LogP contribution in [0.4, 0.5) is 10.5 Å². The predicted octanol–water partition coefficient (Wildman–Crippen LogP) is 3.19. The number of carbonyl (C=O) groups is 2. The molecule has 0 saturated carbocycles. The maximum atomic E-state index is 11.8. The molecule has 23 heavy (non-hydrogen) atoms. The highest BCUT2D eigenvalue weighted by Crippen LogP contribution is 2.16. The zero-order valence-electron chi connectivity index (χ0n) is 14.3. The molecule has 6 heteroatoms. The van der Waals surface area contributed by atoms with Crippen molar-refractivity contribution in [2.24, 2.45) is 0 Å². The number of nitrogens with one attached hydrogen (secondary N) is 2. The van der Waals surface area contributed by atoms with E-state index in [0.29, 0.717) is 31.7 Å². The third-order valence-electron chi connectivity index (χ3n) is 2.76. The molecule has 0 spiro atoms. The van der Waals surface area contributed by atoms with Gasteiger partial charge in [0.1, 0.15) is 5.60 Å². The van der Waals surface area contributed by atoms with E-state index in [4.69, 9.17) is 9.47 Å². The molecule has 128 valence electrons. The van der Waals surface area contributed by atoms with E-state index in [2.05, 4.69) is 10.6 Å². The third-order valence-corrected chi connectivity index (χ3v) is 2.76. The van der Waals surface area contributed by atoms with Crippen molar-refractivity contribution in [2.75, 3.05) is 25.0 Å². The van der Waals surface area contributed by atoms with Crippen LogP contribution in [0.5, 0.6) is 0 Å². The van der Waals surface area contributed by atoms with Crippen LogP contribution >= 0.6 is 0 Å². The van der Waals surface area contributed by atoms with Gasteiger partial charge in [0, 0.05) is 18.8 Å². The number of amides is 1. The van der Waals surface area contributed by atoms with Gasteiger partial charge in [-0.3, -0.25) is 0 Å². The summed E-state index contributed by atoms with van der Waals surface area (Å²) in [7, 11) is 0. The summed E-state index contributed by atoms with van der Waals surface area (Å²) in [5.41, 5.74) is 0.735. The number of ether oxygens (including phenoxy) is 2. The second kappa shape index (κ2) is 9.02. The number of hydrogen-bond donors (Lipinski definition) is 2. The molecular weight excluding hydrogens is 296 g/mol. The fourth-order valence-electron chi connectivity index (χ4n) is 1.84. The lowest BCUT2D eigenvalue weighted by Gasteiger charge is -2.19. The fraction of sp³-hybridized carbons (Fsp3) is 0.529. The van der Waals surface area contributed by atoms with Crippen LogP contribution in [0.3, 0.4) is 0 Å². The lowest BCUT2D eigenvalue weighted by molar-refractivity contribution is 0.0517. The Balaban J connectivity index is 2.37. The minimum Gasteiger partial charge on any atom is -0.462 e. The summed E-state index contributed by atoms with van der Waals surface area (Å²) >= 11 is 0. The molecule has 1 aromatic rings. The van der Waals surface area contributed by atoms with Gasteiger partial charge in [-0.2, -0.15) is 0 Å². The number of esters is 1. The number of hydrogen-bond acceptors (Lipinski definition) is 5. The predicted molar refractivity (Wildman–Crippen MR) is 89.7 cm³/mol. The zero-order chi connectivity index (χ0) is 17.3. The SMILES string of the molecule is CCOC(=O)c1ccccc1NCCCNC(=O)OC(C)(C)C. The largest absolute Gasteiger partial charge is 0.462 e. The molecule has 6 nitrogen and oxygen atoms in total. The molecule has 0 radical (unpaired) electrons. The summed E-state index contributed by atoms with van der Waals surface area (Å²) < 4.78 is 10.2. The van der Waals surface area contributed by atoms with E-state index in [1.807, 2.05) is 32.9 Å². The first-order valence-electron chi connectivity index (χ1n) is 7.80. The van der Waals surface area contributed by atoms with Crippen LogP contribution in [-0.2, 0) is 9.47 Å². The van der Waals surface area contributed by atoms with Gasteiger partial charge in [0.25, 0.3) is 0 Å². The Morgan fingerprint density at radius 1 is 1.13 bits per heavy atom. The smallest absolute Gasteiger partial charge is 0.407 e. The van der Waals surface area contributed by atoms with Gasteiger partial charge in [0.15, 0.2) is 0 Å². The lowest BCUT2D eigenvalue weighted by atomic mass is 10.2. The monoisotopic (exact) mass is 322 g/mol. The van der Waals surface area contributed by atoms with Crippen LogP contribution in [0.15, 0.2) is 24.3 Å². The van der Waals surface area contributed by atoms with Crippen molar-refractivity contribution in [1.82, 2.24) is 5.32 Å². The first kappa shape index (κ1) is 18.8. The minimum absolute atomic E-state index is 0.340. The summed E-state index contributed by atoms with van der Waals surface area (Å²) in [5, 5.41) is 5.87. The second-order valence-electron chi connectivity index (χ2n) is 5.98. The normalized spacial score (nSPS) is 10.8. The van der Waals surface area contributed by atoms with E-state index in [1.54, 1.807) is 19.1 Å². The molecule has 2 N–H and O–H groups in total. The highest BCUT2D eigenvalue weighted by atomic mass is 16.6. The summed E-state index contributed by atoms with van der Waals surface area (Å²) in [5.74, 6) is -0.345. The molecule has 1 amide bonds. The van der Waals surface area contributed by atoms with E-state index in [0.717, 1.165) is 5.69 Å². The molecule has 0 atom stereocenters. The maximum Gasteiger partial charge on any atom is 0.407 e. The zero-order valence-corrected chi connectivity index (χ0v) is 14.3. The molecule has 0 unspecified atom stereocenters. The van der Waals surface area contributed by atoms with Crippen LogP contribution in [0, 0.1) is 0 Å². The van der Waals surface area contributed by atoms with Gasteiger partial charge in [-0.25, -0.2) is 9.59 Å². The highest BCUT2D eigenvalue weighted by molar-refractivity contribution is 5.95. The Morgan fingerprint density at radius 3 is 2.48 bits per heavy atom. The van der Waals surface area contributed by atoms with Crippen molar-refractivity contribution in [3.05, 3.63) is 29.8 Å². The molecule has 0 aliphatic carbocycles. The van der Waals surface area contributed by atoms with Gasteiger partial charge >= 0.3 is 12.1 Å². The van der Waals surface area contributed by atoms with E-state index in [1.165, 1.54) is 0 Å². The minimum atomic E-state index is -0.499. The molecule has 0 saturated heterocycles. The number of benzene rings is 1. The lowest BCUT2D eigenvalue weighted by Crippen LogP contribution is -2.33. The van der Waals surface area contributed by atoms with Crippen LogP contribution in [0.2, 0.25) is 0 Å². The van der Waals surface area contributed by atoms with Gasteiger partial charge < -0.3 is 20.1 Å². The third kappa shape index (κ3) is 7.54. The molecule has 0 fully saturated rings. The van der Waals surface area contributed by atoms with Crippen LogP contribution in [-0.4, -0.2) is 37.4 Å². The van der Waals surface area contributed by atoms with Crippen molar-refractivity contribution < 1.29 is 19.1 Å². The van der Waals surface area contributed by atoms with Gasteiger partial charge in [0.2, 0.25) is 0 Å². The van der Waals surface area contributed by atoms with Crippen molar-refractivity contribution in [2.45, 2.75) is 39.7 Å². The van der Waals surface area contributed by atoms with E-state index < -0.39 is 11.7 Å². The Bertz CT molecular complexity index is 524. The Kier molecular flexibility index (Phi) is 7.38. The van der Waals surface area contributed by atoms with Gasteiger partial charge in [-0.05, 0) is 46.2 Å². The first-order chi connectivity index (χ1) is 10.8. The van der Waals surface area contributed by atoms with E-state index >= 15 is 0 Å². The van der Waals surface area contributed by atoms with Crippen LogP contribution in [0.1, 0.15) is 44.5 Å². The topological polar surface area (TPSA) is 76.7 Å². The van der Waals surface area contributed by atoms with Gasteiger partial charge in [-0.1, -0.05) is 12.1 Å². The van der Waals surface area contributed by atoms with Crippen molar-refractivity contribution >= 4 is 17.7 Å². The maximum absolute atomic E-state index is 11.8. The number of para-hydroxylation sites is 1. The quantitative estimate of drug-likeness (QED) is 0.595. The molecular formula is C17H26N2O4. The average molecular weight is 322 g/mol. The molecule has 1 aromatic carbocycles. The molecule has 0 aliphatic heterocycles. The summed E-state index contributed by atoms with van der Waals surface area (Å²) in [6, 6.07) is 7.19. The molecule has 1 rings (SSSR count). The number of carbonyl (C=O) groups excluding carboxylic acids is 2. The van der Waals surface area contributed by atoms with Gasteiger partial charge in [0.05, 0.1) is 12.2 Å². The second-order valence-corrected chi connectivity index (χ2v) is 5.98. The standard InChI is InChI=1S/C17H26N2O4/c1-5-22-15(20)13-9-6-7-10-14(13)18-11-8-12-19-16(21)23-17(2,3)4/h6-7,9-10,18H,5,8,11-12H2,1-4H3,(H,19,21). The molecule has 0 bridgehead atoms. The Hall–Kier alpha value is -2.24. The van der Waals surface area contributed by atoms with Crippen molar-refractivity contribution in [3.63, 3.8) is 0 Å². The summed E-state index contributed by atoms with van der Waals surface area (Å²) in [6.45, 7) is 8.68. The van der Waals surface area contributed by atoms with E-state index in [-0.39, 0.29) is 5.97 Å². The number of rotatable bonds is 7. The Morgan fingerprint density at radius 2 is 1.83 bits per heavy atom. The van der Waals surface area contributed by atoms with Crippen molar-refractivity contribution in [1.29, 1.82) is 0 Å². The number of anilines is 1. The fourth-order valence-corrected chi connectivity index (χ4v) is 1.84. The van der Waals surface area contributed by atoms with Gasteiger partial charge in [-0.15, -0.1) is 0 Å². The number of alkyl carbamates (subject to hydrolysis) is 1. The van der Waals surface area contributed by atoms with E-state index in [9.17, 15) is 9.59 Å². The van der Waals surface area contributed by atoms with Crippen LogP contribution < -0.4 is 10.6 Å².